The van der Waals surface area contributed by atoms with Crippen LogP contribution in [0, 0.1) is 0 Å². The number of hydrogen-bond donors (Lipinski definition) is 0. The average Bonchev–Trinajstić information content (AvgIpc) is 3.47. The van der Waals surface area contributed by atoms with Gasteiger partial charge in [0, 0.05) is 36.5 Å². The lowest BCUT2D eigenvalue weighted by Gasteiger charge is -2.32. The normalized spacial score (nSPS) is 17.3. The van der Waals surface area contributed by atoms with Crippen LogP contribution in [-0.2, 0) is 9.31 Å². The maximum atomic E-state index is 6.47. The van der Waals surface area contributed by atoms with Crippen molar-refractivity contribution in [1.82, 2.24) is 0 Å². The van der Waals surface area contributed by atoms with Crippen molar-refractivity contribution in [3.63, 3.8) is 0 Å². The Bertz CT molecular complexity index is 1760. The van der Waals surface area contributed by atoms with Crippen LogP contribution in [0.3, 0.4) is 0 Å². The predicted octanol–water partition coefficient (Wildman–Crippen LogP) is 7.92. The van der Waals surface area contributed by atoms with E-state index in [4.69, 9.17) is 13.7 Å². The molecule has 7 rings (SSSR count). The molecule has 0 unspecified atom stereocenters. The second-order valence-corrected chi connectivity index (χ2v) is 11.4. The highest BCUT2D eigenvalue weighted by Crippen LogP contribution is 2.44. The number of furan rings is 1. The van der Waals surface area contributed by atoms with Crippen molar-refractivity contribution in [3.8, 4) is 11.1 Å². The van der Waals surface area contributed by atoms with Crippen molar-refractivity contribution in [2.24, 2.45) is 0 Å². The molecule has 1 fully saturated rings. The number of rotatable bonds is 2. The lowest BCUT2D eigenvalue weighted by Crippen LogP contribution is -2.41. The van der Waals surface area contributed by atoms with Crippen LogP contribution in [0.1, 0.15) is 27.7 Å². The zero-order valence-electron chi connectivity index (χ0n) is 20.2. The molecule has 1 saturated heterocycles. The first-order valence-electron chi connectivity index (χ1n) is 12.0. The first-order valence-corrected chi connectivity index (χ1v) is 12.9. The van der Waals surface area contributed by atoms with E-state index in [9.17, 15) is 0 Å². The Morgan fingerprint density at radius 3 is 2.06 bits per heavy atom. The Morgan fingerprint density at radius 1 is 0.629 bits per heavy atom. The SMILES string of the molecule is CC1(C)OB(c2cccc3oc4cccc(-c5cccc6c5sc5ccccc56)c4c23)OC1(C)C. The third kappa shape index (κ3) is 2.99. The van der Waals surface area contributed by atoms with Gasteiger partial charge in [-0.1, -0.05) is 60.7 Å². The molecule has 35 heavy (non-hydrogen) atoms. The maximum Gasteiger partial charge on any atom is 0.495 e. The molecule has 5 heteroatoms. The summed E-state index contributed by atoms with van der Waals surface area (Å²) in [4.78, 5) is 0. The number of thiophene rings is 1. The largest absolute Gasteiger partial charge is 0.495 e. The Hall–Kier alpha value is -3.12. The molecular formula is C30H25BO3S. The van der Waals surface area contributed by atoms with Gasteiger partial charge in [-0.15, -0.1) is 11.3 Å². The fraction of sp³-hybridized carbons (Fsp3) is 0.200. The van der Waals surface area contributed by atoms with Crippen LogP contribution in [0.5, 0.6) is 0 Å². The summed E-state index contributed by atoms with van der Waals surface area (Å²) < 4.78 is 21.9. The smallest absolute Gasteiger partial charge is 0.456 e. The molecule has 172 valence electrons. The minimum atomic E-state index is -0.460. The third-order valence-corrected chi connectivity index (χ3v) is 8.98. The summed E-state index contributed by atoms with van der Waals surface area (Å²) in [6.07, 6.45) is 0. The van der Waals surface area contributed by atoms with Gasteiger partial charge in [0.15, 0.2) is 0 Å². The second kappa shape index (κ2) is 7.20. The summed E-state index contributed by atoms with van der Waals surface area (Å²) >= 11 is 1.85. The zero-order chi connectivity index (χ0) is 23.9. The molecule has 0 saturated carbocycles. The molecule has 6 aromatic rings. The number of benzene rings is 4. The average molecular weight is 476 g/mol. The molecule has 2 aromatic heterocycles. The summed E-state index contributed by atoms with van der Waals surface area (Å²) in [6.45, 7) is 8.37. The van der Waals surface area contributed by atoms with Crippen molar-refractivity contribution < 1.29 is 13.7 Å². The first kappa shape index (κ1) is 21.2. The van der Waals surface area contributed by atoms with E-state index in [1.165, 1.54) is 31.3 Å². The van der Waals surface area contributed by atoms with E-state index in [1.54, 1.807) is 0 Å². The van der Waals surface area contributed by atoms with Crippen molar-refractivity contribution in [2.75, 3.05) is 0 Å². The van der Waals surface area contributed by atoms with E-state index < -0.39 is 18.3 Å². The van der Waals surface area contributed by atoms with Crippen LogP contribution < -0.4 is 5.46 Å². The summed E-state index contributed by atoms with van der Waals surface area (Å²) in [7, 11) is -0.460. The van der Waals surface area contributed by atoms with Crippen molar-refractivity contribution >= 4 is 66.0 Å². The van der Waals surface area contributed by atoms with Crippen LogP contribution >= 0.6 is 11.3 Å². The van der Waals surface area contributed by atoms with E-state index in [0.717, 1.165) is 27.4 Å². The van der Waals surface area contributed by atoms with Crippen molar-refractivity contribution in [1.29, 1.82) is 0 Å². The first-order chi connectivity index (χ1) is 16.8. The quantitative estimate of drug-likeness (QED) is 0.238. The molecule has 4 aromatic carbocycles. The van der Waals surface area contributed by atoms with Crippen LogP contribution in [0.15, 0.2) is 83.3 Å². The Balaban J connectivity index is 1.53. The molecule has 1 aliphatic heterocycles. The summed E-state index contributed by atoms with van der Waals surface area (Å²) in [5, 5.41) is 4.77. The van der Waals surface area contributed by atoms with E-state index in [2.05, 4.69) is 94.4 Å². The zero-order valence-corrected chi connectivity index (χ0v) is 21.0. The van der Waals surface area contributed by atoms with Gasteiger partial charge >= 0.3 is 7.12 Å². The summed E-state index contributed by atoms with van der Waals surface area (Å²) in [5.74, 6) is 0. The van der Waals surface area contributed by atoms with Crippen LogP contribution in [0.4, 0.5) is 0 Å². The summed E-state index contributed by atoms with van der Waals surface area (Å²) in [5.41, 5.74) is 4.30. The van der Waals surface area contributed by atoms with Crippen LogP contribution in [0.25, 0.3) is 53.2 Å². The lowest BCUT2D eigenvalue weighted by atomic mass is 9.76. The number of hydrogen-bond acceptors (Lipinski definition) is 4. The second-order valence-electron chi connectivity index (χ2n) is 10.4. The van der Waals surface area contributed by atoms with Crippen LogP contribution in [-0.4, -0.2) is 18.3 Å². The van der Waals surface area contributed by atoms with Gasteiger partial charge in [-0.3, -0.25) is 0 Å². The van der Waals surface area contributed by atoms with Gasteiger partial charge < -0.3 is 13.7 Å². The van der Waals surface area contributed by atoms with Crippen molar-refractivity contribution in [3.05, 3.63) is 78.9 Å². The highest BCUT2D eigenvalue weighted by molar-refractivity contribution is 7.26. The van der Waals surface area contributed by atoms with Gasteiger partial charge in [0.05, 0.1) is 11.2 Å². The molecule has 0 atom stereocenters. The topological polar surface area (TPSA) is 31.6 Å². The Morgan fingerprint density at radius 2 is 1.26 bits per heavy atom. The maximum absolute atomic E-state index is 6.47. The fourth-order valence-electron chi connectivity index (χ4n) is 5.24. The fourth-order valence-corrected chi connectivity index (χ4v) is 6.47. The molecule has 0 aliphatic carbocycles. The van der Waals surface area contributed by atoms with E-state index in [-0.39, 0.29) is 0 Å². The van der Waals surface area contributed by atoms with Gasteiger partial charge in [-0.05, 0) is 56.9 Å². The van der Waals surface area contributed by atoms with Crippen LogP contribution in [0.2, 0.25) is 0 Å². The van der Waals surface area contributed by atoms with Gasteiger partial charge in [-0.25, -0.2) is 0 Å². The van der Waals surface area contributed by atoms with Gasteiger partial charge in [-0.2, -0.15) is 0 Å². The van der Waals surface area contributed by atoms with E-state index in [0.29, 0.717) is 0 Å². The molecule has 0 bridgehead atoms. The monoisotopic (exact) mass is 476 g/mol. The predicted molar refractivity (Wildman–Crippen MR) is 148 cm³/mol. The third-order valence-electron chi connectivity index (χ3n) is 7.76. The Kier molecular flexibility index (Phi) is 4.36. The molecule has 0 spiro atoms. The highest BCUT2D eigenvalue weighted by Gasteiger charge is 2.52. The molecular weight excluding hydrogens is 451 g/mol. The lowest BCUT2D eigenvalue weighted by molar-refractivity contribution is 0.00578. The molecule has 0 N–H and O–H groups in total. The minimum absolute atomic E-state index is 0.412. The van der Waals surface area contributed by atoms with Gasteiger partial charge in [0.25, 0.3) is 0 Å². The standard InChI is InChI=1S/C30H25BO3S/c1-29(2)30(3,4)34-31(33-29)22-14-9-16-24-27(22)26-19(11-8-15-23(26)32-24)21-13-7-12-20-18-10-5-6-17-25(18)35-28(20)21/h5-17H,1-4H3. The molecule has 3 heterocycles. The minimum Gasteiger partial charge on any atom is -0.456 e. The Labute approximate surface area is 208 Å². The van der Waals surface area contributed by atoms with E-state index >= 15 is 0 Å². The van der Waals surface area contributed by atoms with Gasteiger partial charge in [0.1, 0.15) is 11.2 Å². The summed E-state index contributed by atoms with van der Waals surface area (Å²) in [6, 6.07) is 27.8. The molecule has 3 nitrogen and oxygen atoms in total. The molecule has 0 radical (unpaired) electrons. The molecule has 0 amide bonds. The van der Waals surface area contributed by atoms with E-state index in [1.807, 2.05) is 23.5 Å². The van der Waals surface area contributed by atoms with Crippen molar-refractivity contribution in [2.45, 2.75) is 38.9 Å². The highest BCUT2D eigenvalue weighted by atomic mass is 32.1. The number of fused-ring (bicyclic) bond motifs is 6. The van der Waals surface area contributed by atoms with Gasteiger partial charge in [0.2, 0.25) is 0 Å². The molecule has 1 aliphatic rings.